The predicted molar refractivity (Wildman–Crippen MR) is 75.8 cm³/mol. The highest BCUT2D eigenvalue weighted by Gasteiger charge is 2.11. The number of carboxylic acids is 1. The molecule has 1 aromatic rings. The topological polar surface area (TPSA) is 75.6 Å². The number of hydrogen-bond acceptors (Lipinski definition) is 3. The van der Waals surface area contributed by atoms with E-state index in [-0.39, 0.29) is 18.4 Å². The molecule has 0 aliphatic heterocycles. The molecule has 5 heteroatoms. The summed E-state index contributed by atoms with van der Waals surface area (Å²) in [5.74, 6) is -0.272. The Kier molecular flexibility index (Phi) is 6.56. The summed E-state index contributed by atoms with van der Waals surface area (Å²) in [5, 5.41) is 11.3. The lowest BCUT2D eigenvalue weighted by atomic mass is 10.1. The smallest absolute Gasteiger partial charge is 0.305 e. The van der Waals surface area contributed by atoms with Gasteiger partial charge in [0.2, 0.25) is 5.91 Å². The Morgan fingerprint density at radius 2 is 2.05 bits per heavy atom. The van der Waals surface area contributed by atoms with Gasteiger partial charge < -0.3 is 15.2 Å². The molecule has 1 rings (SSSR count). The van der Waals surface area contributed by atoms with Crippen LogP contribution in [0.3, 0.4) is 0 Å². The van der Waals surface area contributed by atoms with Crippen LogP contribution in [0.25, 0.3) is 0 Å². The molecule has 1 aromatic carbocycles. The second kappa shape index (κ2) is 8.19. The first kappa shape index (κ1) is 16.0. The number of ether oxygens (including phenoxy) is 1. The molecule has 1 amide bonds. The third kappa shape index (κ3) is 5.73. The van der Waals surface area contributed by atoms with Gasteiger partial charge in [-0.2, -0.15) is 0 Å². The second-order valence-corrected chi connectivity index (χ2v) is 4.61. The summed E-state index contributed by atoms with van der Waals surface area (Å²) in [4.78, 5) is 22.3. The van der Waals surface area contributed by atoms with Crippen LogP contribution >= 0.6 is 0 Å². The Morgan fingerprint density at radius 1 is 1.35 bits per heavy atom. The van der Waals surface area contributed by atoms with E-state index >= 15 is 0 Å². The van der Waals surface area contributed by atoms with E-state index in [1.807, 2.05) is 31.2 Å². The van der Waals surface area contributed by atoms with Gasteiger partial charge in [-0.25, -0.2) is 0 Å². The number of nitrogens with one attached hydrogen (secondary N) is 1. The lowest BCUT2D eigenvalue weighted by Crippen LogP contribution is -2.34. The Balaban J connectivity index is 2.46. The Morgan fingerprint density at radius 3 is 2.70 bits per heavy atom. The maximum Gasteiger partial charge on any atom is 0.305 e. The monoisotopic (exact) mass is 279 g/mol. The van der Waals surface area contributed by atoms with E-state index in [2.05, 4.69) is 5.32 Å². The Hall–Kier alpha value is -2.04. The molecule has 0 bridgehead atoms. The molecular weight excluding hydrogens is 258 g/mol. The normalized spacial score (nSPS) is 11.7. The number of benzene rings is 1. The van der Waals surface area contributed by atoms with Crippen molar-refractivity contribution in [2.24, 2.45) is 0 Å². The van der Waals surface area contributed by atoms with Gasteiger partial charge in [-0.05, 0) is 31.9 Å². The van der Waals surface area contributed by atoms with E-state index < -0.39 is 5.97 Å². The maximum absolute atomic E-state index is 11.7. The third-order valence-electron chi connectivity index (χ3n) is 2.78. The van der Waals surface area contributed by atoms with Crippen LogP contribution in [0.1, 0.15) is 32.3 Å². The average molecular weight is 279 g/mol. The first-order chi connectivity index (χ1) is 9.52. The van der Waals surface area contributed by atoms with Crippen LogP contribution < -0.4 is 10.1 Å². The molecule has 0 heterocycles. The van der Waals surface area contributed by atoms with Gasteiger partial charge in [0.25, 0.3) is 0 Å². The molecule has 0 aliphatic carbocycles. The summed E-state index contributed by atoms with van der Waals surface area (Å²) in [7, 11) is 0. The second-order valence-electron chi connectivity index (χ2n) is 4.61. The summed E-state index contributed by atoms with van der Waals surface area (Å²) in [6, 6.07) is 7.25. The quantitative estimate of drug-likeness (QED) is 0.763. The fourth-order valence-corrected chi connectivity index (χ4v) is 1.91. The van der Waals surface area contributed by atoms with Gasteiger partial charge in [0.05, 0.1) is 13.0 Å². The number of carbonyl (C=O) groups excluding carboxylic acids is 1. The molecule has 0 aromatic heterocycles. The molecule has 1 unspecified atom stereocenters. The number of aryl methyl sites for hydroxylation is 1. The molecule has 0 spiro atoms. The van der Waals surface area contributed by atoms with Crippen molar-refractivity contribution < 1.29 is 19.4 Å². The number of amides is 1. The summed E-state index contributed by atoms with van der Waals surface area (Å²) >= 11 is 0. The molecule has 0 radical (unpaired) electrons. The van der Waals surface area contributed by atoms with Crippen molar-refractivity contribution in [1.29, 1.82) is 0 Å². The molecule has 5 nitrogen and oxygen atoms in total. The molecule has 0 saturated carbocycles. The summed E-state index contributed by atoms with van der Waals surface area (Å²) in [5.41, 5.74) is 0.982. The van der Waals surface area contributed by atoms with Gasteiger partial charge in [0.1, 0.15) is 5.75 Å². The standard InChI is InChI=1S/C15H21NO4/c1-3-20-13-7-5-4-6-12(13)8-9-14(17)16-11(2)10-15(18)19/h4-7,11H,3,8-10H2,1-2H3,(H,16,17)(H,18,19). The van der Waals surface area contributed by atoms with Crippen LogP contribution in [0.5, 0.6) is 5.75 Å². The highest BCUT2D eigenvalue weighted by molar-refractivity contribution is 5.77. The summed E-state index contributed by atoms with van der Waals surface area (Å²) in [6.45, 7) is 4.18. The summed E-state index contributed by atoms with van der Waals surface area (Å²) in [6.07, 6.45) is 0.817. The highest BCUT2D eigenvalue weighted by Crippen LogP contribution is 2.19. The van der Waals surface area contributed by atoms with E-state index in [0.29, 0.717) is 19.4 Å². The number of rotatable bonds is 8. The molecule has 20 heavy (non-hydrogen) atoms. The van der Waals surface area contributed by atoms with Gasteiger partial charge in [-0.3, -0.25) is 9.59 Å². The molecule has 110 valence electrons. The number of carboxylic acid groups (broad SMARTS) is 1. The molecule has 0 saturated heterocycles. The minimum absolute atomic E-state index is 0.0682. The fourth-order valence-electron chi connectivity index (χ4n) is 1.91. The highest BCUT2D eigenvalue weighted by atomic mass is 16.5. The largest absolute Gasteiger partial charge is 0.494 e. The van der Waals surface area contributed by atoms with Crippen molar-refractivity contribution in [2.45, 2.75) is 39.2 Å². The molecular formula is C15H21NO4. The zero-order chi connectivity index (χ0) is 15.0. The van der Waals surface area contributed by atoms with Gasteiger partial charge in [-0.1, -0.05) is 18.2 Å². The summed E-state index contributed by atoms with van der Waals surface area (Å²) < 4.78 is 5.49. The van der Waals surface area contributed by atoms with Crippen LogP contribution in [0.2, 0.25) is 0 Å². The van der Waals surface area contributed by atoms with Crippen LogP contribution in [0.4, 0.5) is 0 Å². The van der Waals surface area contributed by atoms with E-state index in [1.54, 1.807) is 6.92 Å². The van der Waals surface area contributed by atoms with Crippen molar-refractivity contribution >= 4 is 11.9 Å². The first-order valence-corrected chi connectivity index (χ1v) is 6.74. The Labute approximate surface area is 118 Å². The molecule has 2 N–H and O–H groups in total. The predicted octanol–water partition coefficient (Wildman–Crippen LogP) is 2.00. The van der Waals surface area contributed by atoms with Gasteiger partial charge >= 0.3 is 5.97 Å². The molecule has 0 fully saturated rings. The maximum atomic E-state index is 11.7. The SMILES string of the molecule is CCOc1ccccc1CCC(=O)NC(C)CC(=O)O. The van der Waals surface area contributed by atoms with Crippen LogP contribution in [-0.2, 0) is 16.0 Å². The van der Waals surface area contributed by atoms with E-state index in [1.165, 1.54) is 0 Å². The van der Waals surface area contributed by atoms with Crippen molar-refractivity contribution in [3.63, 3.8) is 0 Å². The minimum Gasteiger partial charge on any atom is -0.494 e. The molecule has 0 aliphatic rings. The number of aliphatic carboxylic acids is 1. The van der Waals surface area contributed by atoms with Crippen LogP contribution in [0, 0.1) is 0 Å². The zero-order valence-electron chi connectivity index (χ0n) is 11.9. The van der Waals surface area contributed by atoms with Crippen molar-refractivity contribution in [3.05, 3.63) is 29.8 Å². The van der Waals surface area contributed by atoms with E-state index in [0.717, 1.165) is 11.3 Å². The lowest BCUT2D eigenvalue weighted by Gasteiger charge is -2.13. The van der Waals surface area contributed by atoms with Gasteiger partial charge in [-0.15, -0.1) is 0 Å². The van der Waals surface area contributed by atoms with Crippen LogP contribution in [0.15, 0.2) is 24.3 Å². The fraction of sp³-hybridized carbons (Fsp3) is 0.467. The van der Waals surface area contributed by atoms with Crippen molar-refractivity contribution in [3.8, 4) is 5.75 Å². The lowest BCUT2D eigenvalue weighted by molar-refractivity contribution is -0.137. The number of para-hydroxylation sites is 1. The molecule has 1 atom stereocenters. The van der Waals surface area contributed by atoms with Crippen molar-refractivity contribution in [1.82, 2.24) is 5.32 Å². The van der Waals surface area contributed by atoms with Crippen molar-refractivity contribution in [2.75, 3.05) is 6.61 Å². The zero-order valence-corrected chi connectivity index (χ0v) is 11.9. The number of carbonyl (C=O) groups is 2. The van der Waals surface area contributed by atoms with E-state index in [9.17, 15) is 9.59 Å². The van der Waals surface area contributed by atoms with Gasteiger partial charge in [0.15, 0.2) is 0 Å². The number of hydrogen-bond donors (Lipinski definition) is 2. The first-order valence-electron chi connectivity index (χ1n) is 6.74. The average Bonchev–Trinajstić information content (AvgIpc) is 2.37. The van der Waals surface area contributed by atoms with Gasteiger partial charge in [0, 0.05) is 12.5 Å². The van der Waals surface area contributed by atoms with Crippen LogP contribution in [-0.4, -0.2) is 29.6 Å². The minimum atomic E-state index is -0.917. The third-order valence-corrected chi connectivity index (χ3v) is 2.78. The van der Waals surface area contributed by atoms with E-state index in [4.69, 9.17) is 9.84 Å². The Bertz CT molecular complexity index is 459.